The summed E-state index contributed by atoms with van der Waals surface area (Å²) in [6.07, 6.45) is 3.19. The minimum absolute atomic E-state index is 0.246. The van der Waals surface area contributed by atoms with Crippen molar-refractivity contribution in [2.24, 2.45) is 0 Å². The molecule has 0 aliphatic carbocycles. The number of nitrogens with zero attached hydrogens (tertiary/aromatic N) is 2. The predicted molar refractivity (Wildman–Crippen MR) is 46.3 cm³/mol. The molecule has 13 heavy (non-hydrogen) atoms. The van der Waals surface area contributed by atoms with E-state index in [-0.39, 0.29) is 12.0 Å². The van der Waals surface area contributed by atoms with Crippen LogP contribution in [-0.2, 0) is 9.63 Å². The maximum atomic E-state index is 11.0. The van der Waals surface area contributed by atoms with Gasteiger partial charge in [0.1, 0.15) is 6.04 Å². The summed E-state index contributed by atoms with van der Waals surface area (Å²) in [4.78, 5) is 16.0. The molecule has 4 heteroatoms. The Hall–Kier alpha value is -1.08. The third-order valence-corrected chi connectivity index (χ3v) is 2.11. The minimum atomic E-state index is -0.262. The monoisotopic (exact) mass is 182 g/mol. The molecule has 0 amide bonds. The zero-order valence-electron chi connectivity index (χ0n) is 7.82. The van der Waals surface area contributed by atoms with E-state index in [1.54, 1.807) is 6.92 Å². The van der Waals surface area contributed by atoms with E-state index in [1.807, 2.05) is 0 Å². The fourth-order valence-corrected chi connectivity index (χ4v) is 1.34. The highest BCUT2D eigenvalue weighted by molar-refractivity contribution is 5.68. The van der Waals surface area contributed by atoms with E-state index < -0.39 is 0 Å². The number of hydrogen-bond donors (Lipinski definition) is 0. The van der Waals surface area contributed by atoms with Crippen LogP contribution in [0.1, 0.15) is 32.6 Å². The maximum absolute atomic E-state index is 11.0. The Kier molecular flexibility index (Phi) is 3.71. The molecule has 1 rings (SSSR count). The average Bonchev–Trinajstić information content (AvgIpc) is 2.18. The van der Waals surface area contributed by atoms with Crippen molar-refractivity contribution in [3.8, 4) is 6.07 Å². The van der Waals surface area contributed by atoms with Crippen LogP contribution in [0.4, 0.5) is 0 Å². The predicted octanol–water partition coefficient (Wildman–Crippen LogP) is 1.23. The van der Waals surface area contributed by atoms with Gasteiger partial charge in [0.05, 0.1) is 6.07 Å². The summed E-state index contributed by atoms with van der Waals surface area (Å²) in [7, 11) is 0. The Morgan fingerprint density at radius 1 is 1.69 bits per heavy atom. The summed E-state index contributed by atoms with van der Waals surface area (Å²) in [5.41, 5.74) is 0. The second-order valence-electron chi connectivity index (χ2n) is 3.10. The van der Waals surface area contributed by atoms with Gasteiger partial charge in [-0.15, -0.1) is 5.06 Å². The molecule has 1 unspecified atom stereocenters. The zero-order valence-corrected chi connectivity index (χ0v) is 7.82. The van der Waals surface area contributed by atoms with E-state index in [0.717, 1.165) is 19.3 Å². The Morgan fingerprint density at radius 2 is 2.46 bits per heavy atom. The Bertz CT molecular complexity index is 222. The van der Waals surface area contributed by atoms with Crippen LogP contribution >= 0.6 is 0 Å². The summed E-state index contributed by atoms with van der Waals surface area (Å²) >= 11 is 0. The largest absolute Gasteiger partial charge is 0.367 e. The fraction of sp³-hybridized carbons (Fsp3) is 0.778. The molecule has 0 aromatic rings. The molecular formula is C9H14N2O2. The second kappa shape index (κ2) is 4.83. The summed E-state index contributed by atoms with van der Waals surface area (Å²) in [6, 6.07) is 1.89. The van der Waals surface area contributed by atoms with E-state index in [2.05, 4.69) is 6.07 Å². The number of hydrogen-bond acceptors (Lipinski definition) is 4. The van der Waals surface area contributed by atoms with Gasteiger partial charge in [-0.25, -0.2) is 0 Å². The third kappa shape index (κ3) is 2.71. The first-order valence-corrected chi connectivity index (χ1v) is 4.65. The lowest BCUT2D eigenvalue weighted by atomic mass is 10.1. The van der Waals surface area contributed by atoms with Crippen LogP contribution in [0.2, 0.25) is 0 Å². The number of nitriles is 1. The van der Waals surface area contributed by atoms with Crippen LogP contribution in [0.3, 0.4) is 0 Å². The van der Waals surface area contributed by atoms with Crippen LogP contribution in [0.5, 0.6) is 0 Å². The first kappa shape index (κ1) is 10.0. The van der Waals surface area contributed by atoms with Crippen molar-refractivity contribution in [3.05, 3.63) is 0 Å². The Labute approximate surface area is 78.0 Å². The molecule has 0 N–H and O–H groups in total. The lowest BCUT2D eigenvalue weighted by Crippen LogP contribution is -2.39. The molecular weight excluding hydrogens is 168 g/mol. The van der Waals surface area contributed by atoms with Gasteiger partial charge in [0.25, 0.3) is 0 Å². The average molecular weight is 182 g/mol. The molecule has 1 heterocycles. The number of rotatable bonds is 2. The smallest absolute Gasteiger partial charge is 0.324 e. The summed E-state index contributed by atoms with van der Waals surface area (Å²) in [5.74, 6) is -0.262. The van der Waals surface area contributed by atoms with Gasteiger partial charge in [0.2, 0.25) is 0 Å². The second-order valence-corrected chi connectivity index (χ2v) is 3.10. The number of piperidine rings is 1. The van der Waals surface area contributed by atoms with Gasteiger partial charge in [-0.3, -0.25) is 4.79 Å². The van der Waals surface area contributed by atoms with E-state index in [0.29, 0.717) is 13.0 Å². The summed E-state index contributed by atoms with van der Waals surface area (Å²) < 4.78 is 0. The van der Waals surface area contributed by atoms with Gasteiger partial charge in [0.15, 0.2) is 0 Å². The van der Waals surface area contributed by atoms with Crippen molar-refractivity contribution in [1.82, 2.24) is 5.06 Å². The van der Waals surface area contributed by atoms with Gasteiger partial charge in [-0.2, -0.15) is 5.26 Å². The number of carbonyl (C=O) groups is 1. The lowest BCUT2D eigenvalue weighted by molar-refractivity contribution is -0.201. The molecule has 4 nitrogen and oxygen atoms in total. The molecule has 0 radical (unpaired) electrons. The van der Waals surface area contributed by atoms with Gasteiger partial charge in [0, 0.05) is 13.0 Å². The van der Waals surface area contributed by atoms with Crippen molar-refractivity contribution in [2.45, 2.75) is 38.6 Å². The molecule has 0 aromatic heterocycles. The summed E-state index contributed by atoms with van der Waals surface area (Å²) in [5, 5.41) is 10.3. The molecule has 1 atom stereocenters. The molecule has 0 spiro atoms. The Morgan fingerprint density at radius 3 is 3.08 bits per heavy atom. The highest BCUT2D eigenvalue weighted by atomic mass is 16.7. The molecule has 0 saturated carbocycles. The third-order valence-electron chi connectivity index (χ3n) is 2.11. The van der Waals surface area contributed by atoms with Gasteiger partial charge in [-0.05, 0) is 19.3 Å². The highest BCUT2D eigenvalue weighted by Crippen LogP contribution is 2.16. The van der Waals surface area contributed by atoms with Crippen molar-refractivity contribution < 1.29 is 9.63 Å². The fourth-order valence-electron chi connectivity index (χ4n) is 1.34. The quantitative estimate of drug-likeness (QED) is 0.644. The van der Waals surface area contributed by atoms with Crippen LogP contribution in [0, 0.1) is 11.3 Å². The van der Waals surface area contributed by atoms with E-state index in [4.69, 9.17) is 10.1 Å². The zero-order chi connectivity index (χ0) is 9.68. The van der Waals surface area contributed by atoms with Gasteiger partial charge in [-0.1, -0.05) is 6.92 Å². The van der Waals surface area contributed by atoms with E-state index >= 15 is 0 Å². The van der Waals surface area contributed by atoms with Gasteiger partial charge < -0.3 is 4.84 Å². The van der Waals surface area contributed by atoms with E-state index in [1.165, 1.54) is 5.06 Å². The highest BCUT2D eigenvalue weighted by Gasteiger charge is 2.24. The number of hydroxylamine groups is 2. The van der Waals surface area contributed by atoms with E-state index in [9.17, 15) is 4.79 Å². The van der Waals surface area contributed by atoms with Crippen LogP contribution < -0.4 is 0 Å². The molecule has 0 bridgehead atoms. The maximum Gasteiger partial charge on any atom is 0.324 e. The van der Waals surface area contributed by atoms with Crippen molar-refractivity contribution in [3.63, 3.8) is 0 Å². The van der Waals surface area contributed by atoms with Crippen molar-refractivity contribution in [2.75, 3.05) is 6.54 Å². The number of carbonyl (C=O) groups excluding carboxylic acids is 1. The van der Waals surface area contributed by atoms with Crippen LogP contribution in [0.15, 0.2) is 0 Å². The topological polar surface area (TPSA) is 53.3 Å². The molecule has 1 saturated heterocycles. The first-order valence-electron chi connectivity index (χ1n) is 4.65. The molecule has 0 aromatic carbocycles. The van der Waals surface area contributed by atoms with Crippen LogP contribution in [0.25, 0.3) is 0 Å². The SMILES string of the molecule is CCC(=O)ON1CCCCC1C#N. The molecule has 1 aliphatic rings. The first-order chi connectivity index (χ1) is 6.27. The minimum Gasteiger partial charge on any atom is -0.367 e. The molecule has 1 aliphatic heterocycles. The lowest BCUT2D eigenvalue weighted by Gasteiger charge is -2.29. The Balaban J connectivity index is 2.46. The summed E-state index contributed by atoms with van der Waals surface area (Å²) in [6.45, 7) is 2.43. The van der Waals surface area contributed by atoms with Gasteiger partial charge >= 0.3 is 5.97 Å². The van der Waals surface area contributed by atoms with Crippen molar-refractivity contribution in [1.29, 1.82) is 5.26 Å². The molecule has 1 fully saturated rings. The van der Waals surface area contributed by atoms with Crippen LogP contribution in [-0.4, -0.2) is 23.6 Å². The van der Waals surface area contributed by atoms with Crippen molar-refractivity contribution >= 4 is 5.97 Å². The normalized spacial score (nSPS) is 23.5. The standard InChI is InChI=1S/C9H14N2O2/c1-2-9(12)13-11-6-4-3-5-8(11)7-10/h8H,2-6H2,1H3. The molecule has 72 valence electrons.